The van der Waals surface area contributed by atoms with Gasteiger partial charge in [0.25, 0.3) is 5.91 Å². The van der Waals surface area contributed by atoms with Crippen LogP contribution >= 0.6 is 0 Å². The van der Waals surface area contributed by atoms with E-state index in [4.69, 9.17) is 4.74 Å². The summed E-state index contributed by atoms with van der Waals surface area (Å²) in [7, 11) is 0. The quantitative estimate of drug-likeness (QED) is 0.837. The molecule has 126 valence electrons. The van der Waals surface area contributed by atoms with Crippen molar-refractivity contribution in [2.75, 3.05) is 0 Å². The van der Waals surface area contributed by atoms with Gasteiger partial charge in [0.05, 0.1) is 0 Å². The molecule has 0 radical (unpaired) electrons. The van der Waals surface area contributed by atoms with Crippen LogP contribution in [0.3, 0.4) is 0 Å². The van der Waals surface area contributed by atoms with Crippen LogP contribution in [0.5, 0.6) is 5.75 Å². The molecule has 2 N–H and O–H groups in total. The predicted octanol–water partition coefficient (Wildman–Crippen LogP) is 2.94. The highest BCUT2D eigenvalue weighted by molar-refractivity contribution is 5.94. The Morgan fingerprint density at radius 2 is 2.00 bits per heavy atom. The molecule has 0 spiro atoms. The second-order valence-corrected chi connectivity index (χ2v) is 6.40. The second kappa shape index (κ2) is 7.49. The summed E-state index contributed by atoms with van der Waals surface area (Å²) < 4.78 is 5.20. The molecule has 0 heterocycles. The van der Waals surface area contributed by atoms with Crippen molar-refractivity contribution in [2.45, 2.75) is 58.6 Å². The van der Waals surface area contributed by atoms with Crippen LogP contribution in [-0.2, 0) is 9.53 Å². The number of esters is 1. The van der Waals surface area contributed by atoms with E-state index in [9.17, 15) is 14.7 Å². The number of para-hydroxylation sites is 1. The molecule has 1 aliphatic rings. The van der Waals surface area contributed by atoms with Crippen LogP contribution in [0.25, 0.3) is 0 Å². The van der Waals surface area contributed by atoms with Crippen LogP contribution < -0.4 is 5.32 Å². The first-order valence-electron chi connectivity index (χ1n) is 8.20. The number of amides is 1. The molecule has 0 aromatic heterocycles. The normalized spacial score (nSPS) is 22.2. The molecule has 1 aliphatic carbocycles. The molecule has 0 saturated heterocycles. The summed E-state index contributed by atoms with van der Waals surface area (Å²) in [5.74, 6) is -0.641. The zero-order valence-electron chi connectivity index (χ0n) is 14.0. The number of hydrogen-bond donors (Lipinski definition) is 2. The largest absolute Gasteiger partial charge is 0.507 e. The van der Waals surface area contributed by atoms with Crippen molar-refractivity contribution in [3.05, 3.63) is 29.3 Å². The number of ether oxygens (including phenoxy) is 1. The van der Waals surface area contributed by atoms with Crippen molar-refractivity contribution < 1.29 is 19.4 Å². The monoisotopic (exact) mass is 319 g/mol. The summed E-state index contributed by atoms with van der Waals surface area (Å²) in [6, 6.07) is 5.00. The van der Waals surface area contributed by atoms with Crippen molar-refractivity contribution in [3.8, 4) is 5.75 Å². The maximum absolute atomic E-state index is 12.2. The molecule has 5 heteroatoms. The van der Waals surface area contributed by atoms with Gasteiger partial charge in [0, 0.05) is 6.04 Å². The van der Waals surface area contributed by atoms with Crippen molar-refractivity contribution in [3.63, 3.8) is 0 Å². The molecule has 23 heavy (non-hydrogen) atoms. The van der Waals surface area contributed by atoms with Gasteiger partial charge in [-0.15, -0.1) is 0 Å². The van der Waals surface area contributed by atoms with Crippen molar-refractivity contribution in [2.24, 2.45) is 5.92 Å². The number of aryl methyl sites for hydroxylation is 1. The van der Waals surface area contributed by atoms with Gasteiger partial charge in [-0.25, -0.2) is 4.79 Å². The highest BCUT2D eigenvalue weighted by atomic mass is 16.5. The highest BCUT2D eigenvalue weighted by Gasteiger charge is 2.27. The predicted molar refractivity (Wildman–Crippen MR) is 87.3 cm³/mol. The van der Waals surface area contributed by atoms with E-state index in [0.717, 1.165) is 19.3 Å². The van der Waals surface area contributed by atoms with E-state index < -0.39 is 12.1 Å². The Morgan fingerprint density at radius 1 is 1.30 bits per heavy atom. The summed E-state index contributed by atoms with van der Waals surface area (Å²) in [6.07, 6.45) is 3.49. The van der Waals surface area contributed by atoms with Gasteiger partial charge in [-0.1, -0.05) is 31.9 Å². The molecule has 5 nitrogen and oxygen atoms in total. The van der Waals surface area contributed by atoms with Gasteiger partial charge >= 0.3 is 5.97 Å². The lowest BCUT2D eigenvalue weighted by Gasteiger charge is -2.30. The summed E-state index contributed by atoms with van der Waals surface area (Å²) in [4.78, 5) is 24.4. The third kappa shape index (κ3) is 4.24. The van der Waals surface area contributed by atoms with Gasteiger partial charge in [0.15, 0.2) is 6.10 Å². The topological polar surface area (TPSA) is 75.6 Å². The lowest BCUT2D eigenvalue weighted by atomic mass is 9.86. The molecule has 0 aliphatic heterocycles. The molecule has 0 unspecified atom stereocenters. The molecule has 1 amide bonds. The Kier molecular flexibility index (Phi) is 5.64. The Labute approximate surface area is 137 Å². The minimum atomic E-state index is -0.892. The van der Waals surface area contributed by atoms with Crippen LogP contribution in [0, 0.1) is 12.8 Å². The molecule has 0 bridgehead atoms. The summed E-state index contributed by atoms with van der Waals surface area (Å²) in [5.41, 5.74) is 0.670. The van der Waals surface area contributed by atoms with Gasteiger partial charge in [0.1, 0.15) is 11.3 Å². The van der Waals surface area contributed by atoms with Crippen LogP contribution in [0.1, 0.15) is 55.5 Å². The Balaban J connectivity index is 1.95. The summed E-state index contributed by atoms with van der Waals surface area (Å²) >= 11 is 0. The van der Waals surface area contributed by atoms with Crippen LogP contribution in [-0.4, -0.2) is 29.1 Å². The van der Waals surface area contributed by atoms with Crippen molar-refractivity contribution >= 4 is 11.9 Å². The van der Waals surface area contributed by atoms with Crippen molar-refractivity contribution in [1.82, 2.24) is 5.32 Å². The van der Waals surface area contributed by atoms with Crippen LogP contribution in [0.15, 0.2) is 18.2 Å². The summed E-state index contributed by atoms with van der Waals surface area (Å²) in [5, 5.41) is 12.9. The highest BCUT2D eigenvalue weighted by Crippen LogP contribution is 2.24. The Bertz CT molecular complexity index is 584. The standard InChI is InChI=1S/C18H25NO4/c1-11-7-4-5-10-15(11)19-17(21)13(3)23-18(22)14-9-6-8-12(2)16(14)20/h6,8-9,11,13,15,20H,4-5,7,10H2,1-3H3,(H,19,21)/t11-,13+,15+/m0/s1. The van der Waals surface area contributed by atoms with E-state index in [1.807, 2.05) is 0 Å². The van der Waals surface area contributed by atoms with Gasteiger partial charge in [-0.3, -0.25) is 4.79 Å². The molecule has 1 fully saturated rings. The zero-order chi connectivity index (χ0) is 17.0. The lowest BCUT2D eigenvalue weighted by molar-refractivity contribution is -0.130. The number of hydrogen-bond acceptors (Lipinski definition) is 4. The lowest BCUT2D eigenvalue weighted by Crippen LogP contribution is -2.46. The SMILES string of the molecule is Cc1cccc(C(=O)O[C@H](C)C(=O)N[C@@H]2CCCC[C@@H]2C)c1O. The van der Waals surface area contributed by atoms with Gasteiger partial charge in [0.2, 0.25) is 0 Å². The zero-order valence-corrected chi connectivity index (χ0v) is 14.0. The fourth-order valence-electron chi connectivity index (χ4n) is 2.93. The molecule has 1 aromatic carbocycles. The molecular weight excluding hydrogens is 294 g/mol. The molecule has 2 rings (SSSR count). The number of aromatic hydroxyl groups is 1. The first kappa shape index (κ1) is 17.3. The molecule has 1 aromatic rings. The minimum absolute atomic E-state index is 0.0793. The second-order valence-electron chi connectivity index (χ2n) is 6.40. The first-order valence-corrected chi connectivity index (χ1v) is 8.20. The molecule has 1 saturated carbocycles. The molecular formula is C18H25NO4. The minimum Gasteiger partial charge on any atom is -0.507 e. The number of carbonyl (C=O) groups is 2. The van der Waals surface area contributed by atoms with E-state index in [-0.39, 0.29) is 23.3 Å². The van der Waals surface area contributed by atoms with E-state index >= 15 is 0 Å². The van der Waals surface area contributed by atoms with Gasteiger partial charge in [-0.05, 0) is 44.2 Å². The fourth-order valence-corrected chi connectivity index (χ4v) is 2.93. The Morgan fingerprint density at radius 3 is 2.70 bits per heavy atom. The third-order valence-electron chi connectivity index (χ3n) is 4.55. The summed E-state index contributed by atoms with van der Waals surface area (Å²) in [6.45, 7) is 5.38. The number of phenols is 1. The van der Waals surface area contributed by atoms with Gasteiger partial charge in [-0.2, -0.15) is 0 Å². The fraction of sp³-hybridized carbons (Fsp3) is 0.556. The maximum atomic E-state index is 12.2. The number of nitrogens with one attached hydrogen (secondary N) is 1. The number of benzene rings is 1. The Hall–Kier alpha value is -2.04. The third-order valence-corrected chi connectivity index (χ3v) is 4.55. The van der Waals surface area contributed by atoms with Crippen LogP contribution in [0.4, 0.5) is 0 Å². The van der Waals surface area contributed by atoms with Crippen molar-refractivity contribution in [1.29, 1.82) is 0 Å². The van der Waals surface area contributed by atoms with E-state index in [1.165, 1.54) is 12.5 Å². The smallest absolute Gasteiger partial charge is 0.342 e. The average molecular weight is 319 g/mol. The number of rotatable bonds is 4. The number of carbonyl (C=O) groups excluding carboxylic acids is 2. The average Bonchev–Trinajstić information content (AvgIpc) is 2.52. The van der Waals surface area contributed by atoms with E-state index in [1.54, 1.807) is 26.0 Å². The van der Waals surface area contributed by atoms with E-state index in [0.29, 0.717) is 11.5 Å². The van der Waals surface area contributed by atoms with E-state index in [2.05, 4.69) is 12.2 Å². The van der Waals surface area contributed by atoms with Crippen LogP contribution in [0.2, 0.25) is 0 Å². The van der Waals surface area contributed by atoms with Gasteiger partial charge < -0.3 is 15.2 Å². The molecule has 3 atom stereocenters. The first-order chi connectivity index (χ1) is 10.9. The maximum Gasteiger partial charge on any atom is 0.342 e. The number of phenolic OH excluding ortho intramolecular Hbond substituents is 1.